The Balaban J connectivity index is 3.92. The molecule has 0 spiro atoms. The Hall–Kier alpha value is -0.670. The molecule has 0 radical (unpaired) electrons. The molecular weight excluding hydrogens is 142 g/mol. The van der Waals surface area contributed by atoms with Gasteiger partial charge in [-0.1, -0.05) is 12.2 Å². The van der Waals surface area contributed by atoms with E-state index in [4.69, 9.17) is 5.73 Å². The third-order valence-corrected chi connectivity index (χ3v) is 1.48. The van der Waals surface area contributed by atoms with Crippen LogP contribution in [0.15, 0.2) is 12.2 Å². The summed E-state index contributed by atoms with van der Waals surface area (Å²) in [6, 6.07) is -0.487. The van der Waals surface area contributed by atoms with Crippen molar-refractivity contribution >= 4 is 5.78 Å². The predicted molar refractivity (Wildman–Crippen MR) is 44.1 cm³/mol. The van der Waals surface area contributed by atoms with Crippen LogP contribution in [0.4, 0.5) is 0 Å². The van der Waals surface area contributed by atoms with Crippen LogP contribution >= 0.6 is 0 Å². The van der Waals surface area contributed by atoms with Crippen molar-refractivity contribution in [2.24, 2.45) is 5.73 Å². The van der Waals surface area contributed by atoms with Gasteiger partial charge in [-0.3, -0.25) is 4.79 Å². The highest BCUT2D eigenvalue weighted by Crippen LogP contribution is 2.04. The van der Waals surface area contributed by atoms with E-state index in [1.807, 2.05) is 0 Å². The first kappa shape index (κ1) is 10.3. The summed E-state index contributed by atoms with van der Waals surface area (Å²) in [4.78, 5) is 10.5. The molecule has 0 aliphatic heterocycles. The molecule has 11 heavy (non-hydrogen) atoms. The van der Waals surface area contributed by atoms with Crippen molar-refractivity contribution in [2.75, 3.05) is 0 Å². The first-order valence-electron chi connectivity index (χ1n) is 3.53. The minimum atomic E-state index is -0.787. The molecule has 0 aromatic rings. The average Bonchev–Trinajstić information content (AvgIpc) is 1.84. The Labute approximate surface area is 66.9 Å². The fourth-order valence-electron chi connectivity index (χ4n) is 0.750. The smallest absolute Gasteiger partial charge is 0.132 e. The van der Waals surface area contributed by atoms with Gasteiger partial charge in [0.1, 0.15) is 5.78 Å². The lowest BCUT2D eigenvalue weighted by Crippen LogP contribution is -2.36. The molecule has 0 rings (SSSR count). The van der Waals surface area contributed by atoms with Crippen molar-refractivity contribution in [2.45, 2.75) is 32.4 Å². The first-order chi connectivity index (χ1) is 4.95. The molecule has 3 nitrogen and oxygen atoms in total. The van der Waals surface area contributed by atoms with E-state index in [-0.39, 0.29) is 12.2 Å². The maximum absolute atomic E-state index is 10.5. The number of aliphatic hydroxyl groups excluding tert-OH is 1. The standard InChI is InChI=1S/C8H15NO2/c1-5(2)8(9)7(11)4-6(3)10/h7-8,11H,1,4,9H2,2-3H3/t7-,8-/m1/s1. The number of aliphatic hydroxyl groups is 1. The minimum absolute atomic E-state index is 0.0609. The molecule has 0 saturated heterocycles. The quantitative estimate of drug-likeness (QED) is 0.574. The van der Waals surface area contributed by atoms with Crippen molar-refractivity contribution in [1.29, 1.82) is 0 Å². The van der Waals surface area contributed by atoms with Crippen LogP contribution in [0.25, 0.3) is 0 Å². The van der Waals surface area contributed by atoms with Crippen LogP contribution in [-0.4, -0.2) is 23.0 Å². The predicted octanol–water partition coefficient (Wildman–Crippen LogP) is 0.230. The first-order valence-corrected chi connectivity index (χ1v) is 3.53. The summed E-state index contributed by atoms with van der Waals surface area (Å²) in [5.41, 5.74) is 6.20. The number of ketones is 1. The second-order valence-corrected chi connectivity index (χ2v) is 2.85. The zero-order valence-electron chi connectivity index (χ0n) is 7.00. The number of hydrogen-bond donors (Lipinski definition) is 2. The van der Waals surface area contributed by atoms with E-state index in [0.717, 1.165) is 0 Å². The van der Waals surface area contributed by atoms with Crippen molar-refractivity contribution in [3.05, 3.63) is 12.2 Å². The largest absolute Gasteiger partial charge is 0.391 e. The molecular formula is C8H15NO2. The van der Waals surface area contributed by atoms with Gasteiger partial charge in [-0.25, -0.2) is 0 Å². The molecule has 3 heteroatoms. The molecule has 0 fully saturated rings. The van der Waals surface area contributed by atoms with Crippen LogP contribution in [-0.2, 0) is 4.79 Å². The third kappa shape index (κ3) is 3.91. The molecule has 0 heterocycles. The zero-order chi connectivity index (χ0) is 9.02. The summed E-state index contributed by atoms with van der Waals surface area (Å²) in [5.74, 6) is -0.0609. The second kappa shape index (κ2) is 4.26. The summed E-state index contributed by atoms with van der Waals surface area (Å²) in [7, 11) is 0. The molecule has 64 valence electrons. The number of carbonyl (C=O) groups excluding carboxylic acids is 1. The number of Topliss-reactive ketones (excluding diaryl/α,β-unsaturated/α-hetero) is 1. The summed E-state index contributed by atoms with van der Waals surface area (Å²) >= 11 is 0. The van der Waals surface area contributed by atoms with Crippen molar-refractivity contribution < 1.29 is 9.90 Å². The fraction of sp³-hybridized carbons (Fsp3) is 0.625. The Morgan fingerprint density at radius 3 is 2.36 bits per heavy atom. The minimum Gasteiger partial charge on any atom is -0.391 e. The SMILES string of the molecule is C=C(C)[C@@H](N)[C@H](O)CC(C)=O. The van der Waals surface area contributed by atoms with Gasteiger partial charge in [0, 0.05) is 6.42 Å². The summed E-state index contributed by atoms with van der Waals surface area (Å²) in [6.45, 7) is 6.74. The van der Waals surface area contributed by atoms with Gasteiger partial charge in [0.05, 0.1) is 12.1 Å². The maximum Gasteiger partial charge on any atom is 0.132 e. The molecule has 0 aliphatic carbocycles. The Morgan fingerprint density at radius 2 is 2.09 bits per heavy atom. The highest BCUT2D eigenvalue weighted by molar-refractivity contribution is 5.76. The van der Waals surface area contributed by atoms with E-state index >= 15 is 0 Å². The molecule has 0 aromatic heterocycles. The average molecular weight is 157 g/mol. The number of hydrogen-bond acceptors (Lipinski definition) is 3. The Bertz CT molecular complexity index is 165. The summed E-state index contributed by atoms with van der Waals surface area (Å²) in [5, 5.41) is 9.25. The lowest BCUT2D eigenvalue weighted by Gasteiger charge is -2.17. The lowest BCUT2D eigenvalue weighted by atomic mass is 10.0. The van der Waals surface area contributed by atoms with Gasteiger partial charge in [0.25, 0.3) is 0 Å². The highest BCUT2D eigenvalue weighted by Gasteiger charge is 2.16. The normalized spacial score (nSPS) is 15.6. The van der Waals surface area contributed by atoms with E-state index in [1.165, 1.54) is 6.92 Å². The van der Waals surface area contributed by atoms with Crippen LogP contribution in [0.2, 0.25) is 0 Å². The molecule has 0 saturated carbocycles. The van der Waals surface area contributed by atoms with Crippen LogP contribution in [0.5, 0.6) is 0 Å². The van der Waals surface area contributed by atoms with Crippen LogP contribution in [0, 0.1) is 0 Å². The summed E-state index contributed by atoms with van der Waals surface area (Å²) < 4.78 is 0. The molecule has 0 bridgehead atoms. The van der Waals surface area contributed by atoms with Gasteiger partial charge >= 0.3 is 0 Å². The topological polar surface area (TPSA) is 63.3 Å². The maximum atomic E-state index is 10.5. The van der Waals surface area contributed by atoms with E-state index in [9.17, 15) is 9.90 Å². The molecule has 3 N–H and O–H groups in total. The van der Waals surface area contributed by atoms with Crippen LogP contribution < -0.4 is 5.73 Å². The lowest BCUT2D eigenvalue weighted by molar-refractivity contribution is -0.118. The van der Waals surface area contributed by atoms with E-state index in [2.05, 4.69) is 6.58 Å². The van der Waals surface area contributed by atoms with E-state index in [0.29, 0.717) is 5.57 Å². The Kier molecular flexibility index (Phi) is 4.00. The molecule has 0 unspecified atom stereocenters. The third-order valence-electron chi connectivity index (χ3n) is 1.48. The summed E-state index contributed by atoms with van der Waals surface area (Å²) in [6.07, 6.45) is -0.682. The van der Waals surface area contributed by atoms with Gasteiger partial charge in [-0.05, 0) is 13.8 Å². The van der Waals surface area contributed by atoms with Crippen molar-refractivity contribution in [3.63, 3.8) is 0 Å². The molecule has 2 atom stereocenters. The van der Waals surface area contributed by atoms with Gasteiger partial charge in [-0.15, -0.1) is 0 Å². The second-order valence-electron chi connectivity index (χ2n) is 2.85. The van der Waals surface area contributed by atoms with Crippen LogP contribution in [0.3, 0.4) is 0 Å². The van der Waals surface area contributed by atoms with Crippen molar-refractivity contribution in [3.8, 4) is 0 Å². The fourth-order valence-corrected chi connectivity index (χ4v) is 0.750. The molecule has 0 aromatic carbocycles. The van der Waals surface area contributed by atoms with Gasteiger partial charge in [0.15, 0.2) is 0 Å². The highest BCUT2D eigenvalue weighted by atomic mass is 16.3. The van der Waals surface area contributed by atoms with E-state index in [1.54, 1.807) is 6.92 Å². The number of rotatable bonds is 4. The number of nitrogens with two attached hydrogens (primary N) is 1. The molecule has 0 amide bonds. The van der Waals surface area contributed by atoms with Crippen LogP contribution in [0.1, 0.15) is 20.3 Å². The van der Waals surface area contributed by atoms with Crippen molar-refractivity contribution in [1.82, 2.24) is 0 Å². The van der Waals surface area contributed by atoms with Gasteiger partial charge < -0.3 is 10.8 Å². The Morgan fingerprint density at radius 1 is 1.64 bits per heavy atom. The monoisotopic (exact) mass is 157 g/mol. The van der Waals surface area contributed by atoms with E-state index < -0.39 is 12.1 Å². The molecule has 0 aliphatic rings. The zero-order valence-corrected chi connectivity index (χ0v) is 7.00. The van der Waals surface area contributed by atoms with Gasteiger partial charge in [-0.2, -0.15) is 0 Å². The number of carbonyl (C=O) groups is 1. The van der Waals surface area contributed by atoms with Gasteiger partial charge in [0.2, 0.25) is 0 Å².